The number of hydrogen-bond acceptors (Lipinski definition) is 8. The number of likely N-dealkylation sites (tertiary alicyclic amines) is 1. The first kappa shape index (κ1) is 21.8. The van der Waals surface area contributed by atoms with Crippen LogP contribution in [0.2, 0.25) is 0 Å². The summed E-state index contributed by atoms with van der Waals surface area (Å²) < 4.78 is 16.7. The van der Waals surface area contributed by atoms with Crippen LogP contribution in [0.1, 0.15) is 95.0 Å². The molecule has 2 aliphatic rings. The molecule has 0 aliphatic carbocycles. The SMILES string of the molecule is CCc1onc(C(=O)N2CCCC2c2nc(C3CCOCC3)no2)c1Cc1c(C)n[nH]c1C. The zero-order chi connectivity index (χ0) is 22.9. The van der Waals surface area contributed by atoms with Crippen LogP contribution in [0.3, 0.4) is 0 Å². The molecule has 1 unspecified atom stereocenters. The second-order valence-electron chi connectivity index (χ2n) is 8.91. The molecule has 0 radical (unpaired) electrons. The Morgan fingerprint density at radius 1 is 1.12 bits per heavy atom. The first-order valence-corrected chi connectivity index (χ1v) is 11.8. The number of carbonyl (C=O) groups is 1. The molecule has 0 bridgehead atoms. The maximum atomic E-state index is 13.7. The van der Waals surface area contributed by atoms with Crippen molar-refractivity contribution in [2.75, 3.05) is 19.8 Å². The van der Waals surface area contributed by atoms with Gasteiger partial charge in [0, 0.05) is 55.3 Å². The molecule has 0 aromatic carbocycles. The fourth-order valence-electron chi connectivity index (χ4n) is 4.89. The zero-order valence-electron chi connectivity index (χ0n) is 19.4. The van der Waals surface area contributed by atoms with Crippen LogP contribution in [-0.4, -0.2) is 56.1 Å². The minimum absolute atomic E-state index is 0.152. The number of H-pyrrole nitrogens is 1. The summed E-state index contributed by atoms with van der Waals surface area (Å²) in [4.78, 5) is 20.2. The van der Waals surface area contributed by atoms with Crippen molar-refractivity contribution in [2.24, 2.45) is 0 Å². The number of nitrogens with zero attached hydrogens (tertiary/aromatic N) is 5. The summed E-state index contributed by atoms with van der Waals surface area (Å²) >= 11 is 0. The number of hydrogen-bond donors (Lipinski definition) is 1. The molecule has 2 fully saturated rings. The number of nitrogens with one attached hydrogen (secondary N) is 1. The lowest BCUT2D eigenvalue weighted by Gasteiger charge is -2.21. The third kappa shape index (κ3) is 4.07. The second-order valence-corrected chi connectivity index (χ2v) is 8.91. The minimum Gasteiger partial charge on any atom is -0.381 e. The Balaban J connectivity index is 1.40. The van der Waals surface area contributed by atoms with Crippen LogP contribution < -0.4 is 0 Å². The smallest absolute Gasteiger partial charge is 0.277 e. The Kier molecular flexibility index (Phi) is 6.01. The highest BCUT2D eigenvalue weighted by molar-refractivity contribution is 5.94. The highest BCUT2D eigenvalue weighted by Gasteiger charge is 2.38. The molecule has 0 spiro atoms. The van der Waals surface area contributed by atoms with Gasteiger partial charge in [0.15, 0.2) is 11.5 Å². The van der Waals surface area contributed by atoms with Crippen LogP contribution in [0.15, 0.2) is 9.05 Å². The van der Waals surface area contributed by atoms with Gasteiger partial charge in [-0.15, -0.1) is 0 Å². The van der Waals surface area contributed by atoms with Gasteiger partial charge in [0.2, 0.25) is 5.89 Å². The average Bonchev–Trinajstić information content (AvgIpc) is 3.62. The van der Waals surface area contributed by atoms with Crippen LogP contribution in [0, 0.1) is 13.8 Å². The summed E-state index contributed by atoms with van der Waals surface area (Å²) in [7, 11) is 0. The monoisotopic (exact) mass is 454 g/mol. The zero-order valence-corrected chi connectivity index (χ0v) is 19.4. The molecule has 2 aliphatic heterocycles. The second kappa shape index (κ2) is 9.09. The number of ether oxygens (including phenoxy) is 1. The number of carbonyl (C=O) groups excluding carboxylic acids is 1. The molecule has 0 saturated carbocycles. The minimum atomic E-state index is -0.245. The van der Waals surface area contributed by atoms with Gasteiger partial charge in [-0.2, -0.15) is 10.1 Å². The van der Waals surface area contributed by atoms with Crippen LogP contribution in [0.4, 0.5) is 0 Å². The summed E-state index contributed by atoms with van der Waals surface area (Å²) in [6.45, 7) is 8.00. The normalized spacial score (nSPS) is 19.5. The summed E-state index contributed by atoms with van der Waals surface area (Å²) in [5, 5.41) is 15.7. The topological polar surface area (TPSA) is 123 Å². The number of rotatable bonds is 6. The van der Waals surface area contributed by atoms with E-state index in [0.29, 0.717) is 50.0 Å². The van der Waals surface area contributed by atoms with Crippen molar-refractivity contribution in [3.8, 4) is 0 Å². The van der Waals surface area contributed by atoms with Crippen molar-refractivity contribution in [1.82, 2.24) is 30.4 Å². The highest BCUT2D eigenvalue weighted by Crippen LogP contribution is 2.35. The molecule has 3 aromatic rings. The lowest BCUT2D eigenvalue weighted by Crippen LogP contribution is -2.31. The third-order valence-electron chi connectivity index (χ3n) is 6.87. The Hall–Kier alpha value is -3.01. The molecular formula is C23H30N6O4. The van der Waals surface area contributed by atoms with Crippen molar-refractivity contribution >= 4 is 5.91 Å². The predicted molar refractivity (Wildman–Crippen MR) is 117 cm³/mol. The highest BCUT2D eigenvalue weighted by atomic mass is 16.5. The van der Waals surface area contributed by atoms with E-state index in [2.05, 4.69) is 25.5 Å². The largest absolute Gasteiger partial charge is 0.381 e. The van der Waals surface area contributed by atoms with Crippen LogP contribution in [0.25, 0.3) is 0 Å². The average molecular weight is 455 g/mol. The molecule has 10 heteroatoms. The van der Waals surface area contributed by atoms with E-state index in [-0.39, 0.29) is 17.9 Å². The van der Waals surface area contributed by atoms with E-state index in [0.717, 1.165) is 54.0 Å². The van der Waals surface area contributed by atoms with Gasteiger partial charge in [-0.25, -0.2) is 0 Å². The van der Waals surface area contributed by atoms with Gasteiger partial charge in [0.25, 0.3) is 5.91 Å². The van der Waals surface area contributed by atoms with Gasteiger partial charge in [-0.05, 0) is 39.5 Å². The Bertz CT molecular complexity index is 1110. The summed E-state index contributed by atoms with van der Waals surface area (Å²) in [6, 6.07) is -0.245. The van der Waals surface area contributed by atoms with Crippen molar-refractivity contribution in [3.05, 3.63) is 45.7 Å². The third-order valence-corrected chi connectivity index (χ3v) is 6.87. The summed E-state index contributed by atoms with van der Waals surface area (Å²) in [5.41, 5.74) is 4.16. The van der Waals surface area contributed by atoms with Gasteiger partial charge in [-0.1, -0.05) is 17.2 Å². The van der Waals surface area contributed by atoms with E-state index in [1.165, 1.54) is 0 Å². The van der Waals surface area contributed by atoms with Gasteiger partial charge < -0.3 is 18.7 Å². The molecule has 1 amide bonds. The Morgan fingerprint density at radius 2 is 1.94 bits per heavy atom. The van der Waals surface area contributed by atoms with Crippen molar-refractivity contribution in [1.29, 1.82) is 0 Å². The predicted octanol–water partition coefficient (Wildman–Crippen LogP) is 3.42. The number of aromatic amines is 1. The van der Waals surface area contributed by atoms with Gasteiger partial charge in [0.1, 0.15) is 11.8 Å². The summed E-state index contributed by atoms with van der Waals surface area (Å²) in [6.07, 6.45) is 4.65. The van der Waals surface area contributed by atoms with Gasteiger partial charge in [0.05, 0.1) is 5.69 Å². The molecule has 5 heterocycles. The molecule has 10 nitrogen and oxygen atoms in total. The van der Waals surface area contributed by atoms with Crippen molar-refractivity contribution in [3.63, 3.8) is 0 Å². The summed E-state index contributed by atoms with van der Waals surface area (Å²) in [5.74, 6) is 2.05. The van der Waals surface area contributed by atoms with Crippen LogP contribution in [-0.2, 0) is 17.6 Å². The molecule has 33 heavy (non-hydrogen) atoms. The molecular weight excluding hydrogens is 424 g/mol. The lowest BCUT2D eigenvalue weighted by molar-refractivity contribution is 0.0698. The van der Waals surface area contributed by atoms with Crippen LogP contribution in [0.5, 0.6) is 0 Å². The number of aryl methyl sites for hydroxylation is 3. The maximum absolute atomic E-state index is 13.7. The van der Waals surface area contributed by atoms with E-state index in [1.54, 1.807) is 4.90 Å². The molecule has 1 N–H and O–H groups in total. The maximum Gasteiger partial charge on any atom is 0.277 e. The van der Waals surface area contributed by atoms with Crippen LogP contribution >= 0.6 is 0 Å². The Labute approximate surface area is 192 Å². The fraction of sp³-hybridized carbons (Fsp3) is 0.609. The van der Waals surface area contributed by atoms with Crippen molar-refractivity contribution < 1.29 is 18.6 Å². The fourth-order valence-corrected chi connectivity index (χ4v) is 4.89. The molecule has 3 aromatic heterocycles. The number of aromatic nitrogens is 5. The first-order valence-electron chi connectivity index (χ1n) is 11.8. The molecule has 5 rings (SSSR count). The van der Waals surface area contributed by atoms with E-state index in [9.17, 15) is 4.79 Å². The number of amides is 1. The van der Waals surface area contributed by atoms with Crippen molar-refractivity contribution in [2.45, 2.75) is 71.3 Å². The Morgan fingerprint density at radius 3 is 2.67 bits per heavy atom. The quantitative estimate of drug-likeness (QED) is 0.601. The van der Waals surface area contributed by atoms with E-state index < -0.39 is 0 Å². The van der Waals surface area contributed by atoms with E-state index >= 15 is 0 Å². The lowest BCUT2D eigenvalue weighted by atomic mass is 9.99. The first-order chi connectivity index (χ1) is 16.1. The molecule has 2 saturated heterocycles. The van der Waals surface area contributed by atoms with Gasteiger partial charge >= 0.3 is 0 Å². The van der Waals surface area contributed by atoms with E-state index in [1.807, 2.05) is 20.8 Å². The van der Waals surface area contributed by atoms with Gasteiger partial charge in [-0.3, -0.25) is 9.89 Å². The molecule has 1 atom stereocenters. The standard InChI is InChI=1S/C23H30N6O4/c1-4-19-17(12-16-13(2)25-26-14(16)3)20(27-32-19)23(30)29-9-5-6-18(29)22-24-21(28-33-22)15-7-10-31-11-8-15/h15,18H,4-12H2,1-3H3,(H,25,26). The molecule has 176 valence electrons. The van der Waals surface area contributed by atoms with E-state index in [4.69, 9.17) is 13.8 Å².